The van der Waals surface area contributed by atoms with Crippen LogP contribution in [0.2, 0.25) is 5.04 Å². The summed E-state index contributed by atoms with van der Waals surface area (Å²) in [7, 11) is -3.21. The van der Waals surface area contributed by atoms with Crippen LogP contribution in [0.1, 0.15) is 98.9 Å². The first-order valence-corrected chi connectivity index (χ1v) is 22.8. The van der Waals surface area contributed by atoms with E-state index in [-0.39, 0.29) is 18.1 Å². The molecule has 4 aromatic rings. The Labute approximate surface area is 350 Å². The lowest BCUT2D eigenvalue weighted by Crippen LogP contribution is -2.70. The second-order valence-electron chi connectivity index (χ2n) is 18.1. The molecule has 2 N–H and O–H groups in total. The molecule has 0 unspecified atom stereocenters. The fraction of sp³-hybridized carbons (Fsp3) is 0.438. The van der Waals surface area contributed by atoms with E-state index in [4.69, 9.17) is 14.1 Å². The molecule has 3 heterocycles. The third-order valence-electron chi connectivity index (χ3n) is 12.0. The fourth-order valence-corrected chi connectivity index (χ4v) is 13.0. The Kier molecular flexibility index (Phi) is 13.1. The Hall–Kier alpha value is -4.97. The fourth-order valence-electron chi connectivity index (χ4n) is 8.25. The van der Waals surface area contributed by atoms with Crippen LogP contribution in [0.5, 0.6) is 0 Å². The number of Topliss-reactive ketones (excluding diaryl/α,β-unsaturated/α-hetero) is 1. The van der Waals surface area contributed by atoms with Gasteiger partial charge in [0.1, 0.15) is 24.0 Å². The zero-order valence-electron chi connectivity index (χ0n) is 36.0. The number of aromatic nitrogens is 1. The maximum atomic E-state index is 15.0. The van der Waals surface area contributed by atoms with Crippen molar-refractivity contribution in [2.45, 2.75) is 111 Å². The Morgan fingerprint density at radius 3 is 2.14 bits per heavy atom. The molecule has 2 amide bonds. The predicted molar refractivity (Wildman–Crippen MR) is 235 cm³/mol. The van der Waals surface area contributed by atoms with E-state index in [9.17, 15) is 14.4 Å². The van der Waals surface area contributed by atoms with Gasteiger partial charge in [-0.15, -0.1) is 0 Å². The van der Waals surface area contributed by atoms with Gasteiger partial charge < -0.3 is 14.5 Å². The standard InChI is InChI=1S/C48H60N4O6Si/c1-31(2)38-30-42(53)48(8,9)27-26-34-22-23-35-24-25-39(49-41(35)29-34)32(3)57-46(56)40-21-16-28-52(51-40)45(55)43(50-44(38)54)33(4)58-59(47(5,6)7,36-17-12-10-13-18-36)37-19-14-11-15-20-37/h10-15,17-20,22-27,29,31-33,38,40,43,51H,16,21,28,30H2,1-9H3,(H,50,54)/b27-26+/t32-,33-,38+,40+,43+/m1/s1. The molecule has 2 aliphatic heterocycles. The summed E-state index contributed by atoms with van der Waals surface area (Å²) in [5, 5.41) is 7.12. The number of carbonyl (C=O) groups excluding carboxylic acids is 4. The van der Waals surface area contributed by atoms with Crippen molar-refractivity contribution in [2.24, 2.45) is 17.3 Å². The molecule has 5 bridgehead atoms. The summed E-state index contributed by atoms with van der Waals surface area (Å²) in [6.45, 7) is 17.9. The molecule has 2 aliphatic rings. The zero-order valence-corrected chi connectivity index (χ0v) is 37.0. The molecule has 59 heavy (non-hydrogen) atoms. The third kappa shape index (κ3) is 9.43. The van der Waals surface area contributed by atoms with E-state index in [0.29, 0.717) is 25.1 Å². The molecule has 6 rings (SSSR count). The van der Waals surface area contributed by atoms with E-state index < -0.39 is 66.8 Å². The number of cyclic esters (lactones) is 1. The van der Waals surface area contributed by atoms with Crippen LogP contribution in [0, 0.1) is 17.3 Å². The second-order valence-corrected chi connectivity index (χ2v) is 22.3. The minimum Gasteiger partial charge on any atom is -0.455 e. The summed E-state index contributed by atoms with van der Waals surface area (Å²) >= 11 is 0. The Bertz CT molecular complexity index is 2140. The summed E-state index contributed by atoms with van der Waals surface area (Å²) in [5.74, 6) is -2.41. The molecule has 0 radical (unpaired) electrons. The van der Waals surface area contributed by atoms with Crippen LogP contribution in [-0.2, 0) is 28.3 Å². The molecule has 312 valence electrons. The number of nitrogens with one attached hydrogen (secondary N) is 2. The van der Waals surface area contributed by atoms with Crippen molar-refractivity contribution < 1.29 is 28.3 Å². The molecule has 1 saturated heterocycles. The lowest BCUT2D eigenvalue weighted by molar-refractivity contribution is -0.157. The van der Waals surface area contributed by atoms with Gasteiger partial charge in [0.2, 0.25) is 5.91 Å². The smallest absolute Gasteiger partial charge is 0.325 e. The van der Waals surface area contributed by atoms with E-state index in [1.165, 1.54) is 5.01 Å². The molecule has 11 heteroatoms. The van der Waals surface area contributed by atoms with Crippen molar-refractivity contribution in [2.75, 3.05) is 6.54 Å². The van der Waals surface area contributed by atoms with Crippen molar-refractivity contribution in [1.82, 2.24) is 20.7 Å². The van der Waals surface area contributed by atoms with Crippen LogP contribution in [-0.4, -0.2) is 66.6 Å². The topological polar surface area (TPSA) is 127 Å². The second kappa shape index (κ2) is 17.7. The highest BCUT2D eigenvalue weighted by molar-refractivity contribution is 6.99. The van der Waals surface area contributed by atoms with Crippen molar-refractivity contribution in [3.8, 4) is 0 Å². The minimum atomic E-state index is -3.21. The number of carbonyl (C=O) groups is 4. The highest BCUT2D eigenvalue weighted by atomic mass is 28.4. The number of ether oxygens (including phenoxy) is 1. The number of hydrogen-bond donors (Lipinski definition) is 2. The van der Waals surface area contributed by atoms with Crippen molar-refractivity contribution in [3.63, 3.8) is 0 Å². The lowest BCUT2D eigenvalue weighted by Gasteiger charge is -2.46. The van der Waals surface area contributed by atoms with Gasteiger partial charge >= 0.3 is 5.97 Å². The van der Waals surface area contributed by atoms with Gasteiger partial charge in [0, 0.05) is 29.7 Å². The number of pyridine rings is 1. The Morgan fingerprint density at radius 2 is 1.53 bits per heavy atom. The van der Waals surface area contributed by atoms with Gasteiger partial charge in [-0.3, -0.25) is 24.2 Å². The van der Waals surface area contributed by atoms with Gasteiger partial charge in [-0.25, -0.2) is 10.4 Å². The van der Waals surface area contributed by atoms with Gasteiger partial charge in [0.25, 0.3) is 14.2 Å². The van der Waals surface area contributed by atoms with Gasteiger partial charge in [-0.05, 0) is 79.6 Å². The average molecular weight is 817 g/mol. The van der Waals surface area contributed by atoms with Crippen LogP contribution in [0.3, 0.4) is 0 Å². The number of hydrazine groups is 1. The van der Waals surface area contributed by atoms with Gasteiger partial charge in [-0.2, -0.15) is 0 Å². The maximum Gasteiger partial charge on any atom is 0.325 e. The number of hydrogen-bond acceptors (Lipinski definition) is 8. The zero-order chi connectivity index (χ0) is 42.7. The number of allylic oxidation sites excluding steroid dienone is 1. The van der Waals surface area contributed by atoms with Crippen molar-refractivity contribution in [3.05, 3.63) is 108 Å². The number of nitrogens with zero attached hydrogens (tertiary/aromatic N) is 2. The normalized spacial score (nSPS) is 23.5. The average Bonchev–Trinajstić information content (AvgIpc) is 3.22. The number of amides is 2. The van der Waals surface area contributed by atoms with Gasteiger partial charge in [0.15, 0.2) is 0 Å². The van der Waals surface area contributed by atoms with Crippen LogP contribution in [0.15, 0.2) is 97.1 Å². The van der Waals surface area contributed by atoms with Crippen molar-refractivity contribution >= 4 is 59.2 Å². The van der Waals surface area contributed by atoms with Crippen LogP contribution >= 0.6 is 0 Å². The number of esters is 1. The predicted octanol–water partition coefficient (Wildman–Crippen LogP) is 7.07. The van der Waals surface area contributed by atoms with E-state index in [1.807, 2.05) is 114 Å². The van der Waals surface area contributed by atoms with E-state index in [1.54, 1.807) is 6.92 Å². The van der Waals surface area contributed by atoms with Gasteiger partial charge in [0.05, 0.1) is 17.3 Å². The summed E-state index contributed by atoms with van der Waals surface area (Å²) in [4.78, 5) is 62.4. The Balaban J connectivity index is 1.43. The molecule has 0 aliphatic carbocycles. The SMILES string of the molecule is CC(C)[C@@H]1CC(=O)C(C)(C)/C=C/c2ccc3ccc(nc3c2)[C@@H](C)OC(=O)[C@@H]2CCCN(N2)C(=O)[C@H]([C@@H](C)O[Si](c2ccccc2)(c2ccccc2)C(C)(C)C)NC1=O. The van der Waals surface area contributed by atoms with Crippen molar-refractivity contribution in [1.29, 1.82) is 0 Å². The first-order valence-electron chi connectivity index (χ1n) is 20.9. The summed E-state index contributed by atoms with van der Waals surface area (Å²) in [5.41, 5.74) is 4.43. The number of benzene rings is 3. The molecule has 1 aromatic heterocycles. The highest BCUT2D eigenvalue weighted by Crippen LogP contribution is 2.38. The largest absolute Gasteiger partial charge is 0.455 e. The van der Waals surface area contributed by atoms with E-state index in [2.05, 4.69) is 55.8 Å². The first kappa shape index (κ1) is 43.6. The summed E-state index contributed by atoms with van der Waals surface area (Å²) < 4.78 is 13.4. The number of rotatable bonds is 6. The molecule has 10 nitrogen and oxygen atoms in total. The van der Waals surface area contributed by atoms with E-state index >= 15 is 4.79 Å². The number of fused-ring (bicyclic) bond motifs is 4. The monoisotopic (exact) mass is 816 g/mol. The summed E-state index contributed by atoms with van der Waals surface area (Å²) in [6.07, 6.45) is 3.22. The van der Waals surface area contributed by atoms with Crippen LogP contribution in [0.25, 0.3) is 17.0 Å². The molecule has 0 spiro atoms. The molecule has 3 aromatic carbocycles. The van der Waals surface area contributed by atoms with E-state index in [0.717, 1.165) is 26.8 Å². The highest BCUT2D eigenvalue weighted by Gasteiger charge is 2.53. The molecule has 5 atom stereocenters. The molecular formula is C48H60N4O6Si. The lowest BCUT2D eigenvalue weighted by atomic mass is 9.79. The Morgan fingerprint density at radius 1 is 0.898 bits per heavy atom. The summed E-state index contributed by atoms with van der Waals surface area (Å²) in [6, 6.07) is 28.0. The third-order valence-corrected chi connectivity index (χ3v) is 17.1. The quantitative estimate of drug-likeness (QED) is 0.157. The number of ketones is 1. The molecule has 0 saturated carbocycles. The minimum absolute atomic E-state index is 0.0257. The van der Waals surface area contributed by atoms with Gasteiger partial charge in [-0.1, -0.05) is 126 Å². The maximum absolute atomic E-state index is 15.0. The molecular weight excluding hydrogens is 757 g/mol. The van der Waals surface area contributed by atoms with Crippen LogP contribution < -0.4 is 21.1 Å². The molecule has 1 fully saturated rings. The first-order chi connectivity index (χ1) is 27.9. The van der Waals surface area contributed by atoms with Crippen LogP contribution in [0.4, 0.5) is 0 Å².